The van der Waals surface area contributed by atoms with Gasteiger partial charge in [0, 0.05) is 17.8 Å². The molecule has 8 heteroatoms. The van der Waals surface area contributed by atoms with E-state index in [9.17, 15) is 10.1 Å². The summed E-state index contributed by atoms with van der Waals surface area (Å²) < 4.78 is 5.43. The van der Waals surface area contributed by atoms with Gasteiger partial charge in [-0.25, -0.2) is 4.98 Å². The first-order valence-corrected chi connectivity index (χ1v) is 6.98. The van der Waals surface area contributed by atoms with Crippen molar-refractivity contribution in [3.8, 4) is 5.88 Å². The second-order valence-electron chi connectivity index (χ2n) is 3.84. The molecule has 0 aliphatic carbocycles. The van der Waals surface area contributed by atoms with Gasteiger partial charge in [-0.05, 0) is 18.4 Å². The molecular weight excluding hydrogens is 280 g/mol. The van der Waals surface area contributed by atoms with Gasteiger partial charge in [0.1, 0.15) is 6.33 Å². The van der Waals surface area contributed by atoms with Crippen LogP contribution in [0.25, 0.3) is 0 Å². The monoisotopic (exact) mass is 294 g/mol. The van der Waals surface area contributed by atoms with E-state index in [1.807, 2.05) is 24.4 Å². The maximum atomic E-state index is 11.1. The molecule has 0 spiro atoms. The third kappa shape index (κ3) is 3.41. The molecule has 2 aromatic rings. The number of aromatic nitrogens is 2. The van der Waals surface area contributed by atoms with Crippen LogP contribution in [0, 0.1) is 10.1 Å². The molecule has 0 aliphatic heterocycles. The highest BCUT2D eigenvalue weighted by Crippen LogP contribution is 2.30. The molecule has 0 radical (unpaired) electrons. The molecule has 0 saturated heterocycles. The fourth-order valence-electron chi connectivity index (χ4n) is 1.63. The molecule has 0 fully saturated rings. The van der Waals surface area contributed by atoms with Gasteiger partial charge in [0.25, 0.3) is 5.88 Å². The van der Waals surface area contributed by atoms with E-state index in [1.165, 1.54) is 6.33 Å². The zero-order valence-corrected chi connectivity index (χ0v) is 11.7. The third-order valence-corrected chi connectivity index (χ3v) is 3.42. The summed E-state index contributed by atoms with van der Waals surface area (Å²) in [7, 11) is 0. The van der Waals surface area contributed by atoms with Crippen LogP contribution in [0.5, 0.6) is 5.88 Å². The van der Waals surface area contributed by atoms with Crippen molar-refractivity contribution >= 4 is 22.8 Å². The van der Waals surface area contributed by atoms with Crippen LogP contribution in [-0.4, -0.2) is 28.0 Å². The summed E-state index contributed by atoms with van der Waals surface area (Å²) in [6, 6.07) is 3.95. The van der Waals surface area contributed by atoms with Crippen LogP contribution in [-0.2, 0) is 6.42 Å². The third-order valence-electron chi connectivity index (χ3n) is 2.48. The number of hydrogen-bond donors (Lipinski definition) is 1. The topological polar surface area (TPSA) is 90.2 Å². The van der Waals surface area contributed by atoms with Crippen molar-refractivity contribution in [1.29, 1.82) is 0 Å². The molecule has 2 rings (SSSR count). The van der Waals surface area contributed by atoms with Gasteiger partial charge < -0.3 is 10.1 Å². The number of nitrogens with zero attached hydrogens (tertiary/aromatic N) is 3. The fraction of sp³-hybridized carbons (Fsp3) is 0.333. The molecule has 7 nitrogen and oxygen atoms in total. The van der Waals surface area contributed by atoms with Crippen LogP contribution in [0.3, 0.4) is 0 Å². The minimum absolute atomic E-state index is 0.00231. The van der Waals surface area contributed by atoms with E-state index < -0.39 is 4.92 Å². The maximum absolute atomic E-state index is 11.1. The molecule has 0 bridgehead atoms. The number of hydrogen-bond acceptors (Lipinski definition) is 7. The Labute approximate surface area is 119 Å². The molecule has 106 valence electrons. The molecule has 2 heterocycles. The summed E-state index contributed by atoms with van der Waals surface area (Å²) in [5, 5.41) is 15.9. The second kappa shape index (κ2) is 6.80. The molecular formula is C12H14N4O3S. The lowest BCUT2D eigenvalue weighted by molar-refractivity contribution is -0.385. The van der Waals surface area contributed by atoms with Crippen molar-refractivity contribution < 1.29 is 9.66 Å². The number of rotatable bonds is 7. The molecule has 0 saturated carbocycles. The maximum Gasteiger partial charge on any atom is 0.372 e. The van der Waals surface area contributed by atoms with Crippen LogP contribution < -0.4 is 10.1 Å². The minimum Gasteiger partial charge on any atom is -0.472 e. The van der Waals surface area contributed by atoms with Crippen LogP contribution in [0.4, 0.5) is 11.5 Å². The van der Waals surface area contributed by atoms with Gasteiger partial charge in [0.05, 0.1) is 11.5 Å². The molecule has 0 aliphatic rings. The molecule has 1 N–H and O–H groups in total. The minimum atomic E-state index is -0.529. The first kappa shape index (κ1) is 14.2. The number of ether oxygens (including phenoxy) is 1. The van der Waals surface area contributed by atoms with Crippen LogP contribution in [0.1, 0.15) is 11.8 Å². The Hall–Kier alpha value is -2.22. The van der Waals surface area contributed by atoms with Gasteiger partial charge in [-0.1, -0.05) is 6.07 Å². The van der Waals surface area contributed by atoms with E-state index in [2.05, 4.69) is 15.3 Å². The summed E-state index contributed by atoms with van der Waals surface area (Å²) in [5.41, 5.74) is -0.222. The Balaban J connectivity index is 2.09. The largest absolute Gasteiger partial charge is 0.472 e. The van der Waals surface area contributed by atoms with E-state index >= 15 is 0 Å². The predicted octanol–water partition coefficient (Wildman–Crippen LogP) is 2.50. The first-order chi connectivity index (χ1) is 9.72. The Morgan fingerprint density at radius 3 is 3.00 bits per heavy atom. The van der Waals surface area contributed by atoms with E-state index in [0.717, 1.165) is 4.88 Å². The van der Waals surface area contributed by atoms with Crippen molar-refractivity contribution in [2.75, 3.05) is 18.5 Å². The molecule has 2 aromatic heterocycles. The van der Waals surface area contributed by atoms with Crippen LogP contribution in [0.2, 0.25) is 0 Å². The first-order valence-electron chi connectivity index (χ1n) is 6.10. The molecule has 0 amide bonds. The standard InChI is InChI=1S/C12H14N4O3S/c1-2-13-11-10(16(17)18)12(15-8-14-11)19-6-5-9-4-3-7-20-9/h3-4,7-8H,2,5-6H2,1H3,(H,13,14,15). The lowest BCUT2D eigenvalue weighted by atomic mass is 10.3. The lowest BCUT2D eigenvalue weighted by Crippen LogP contribution is -2.09. The summed E-state index contributed by atoms with van der Waals surface area (Å²) in [5.74, 6) is 0.177. The van der Waals surface area contributed by atoms with Crippen LogP contribution >= 0.6 is 11.3 Å². The number of anilines is 1. The van der Waals surface area contributed by atoms with Gasteiger partial charge in [0.2, 0.25) is 5.82 Å². The van der Waals surface area contributed by atoms with Gasteiger partial charge in [0.15, 0.2) is 0 Å². The van der Waals surface area contributed by atoms with Crippen molar-refractivity contribution in [2.45, 2.75) is 13.3 Å². The Bertz CT molecular complexity index is 574. The van der Waals surface area contributed by atoms with Crippen molar-refractivity contribution in [3.63, 3.8) is 0 Å². The highest BCUT2D eigenvalue weighted by atomic mass is 32.1. The summed E-state index contributed by atoms with van der Waals surface area (Å²) in [6.45, 7) is 2.71. The summed E-state index contributed by atoms with van der Waals surface area (Å²) >= 11 is 1.62. The SMILES string of the molecule is CCNc1ncnc(OCCc2cccs2)c1[N+](=O)[O-]. The number of thiophene rings is 1. The van der Waals surface area contributed by atoms with Gasteiger partial charge >= 0.3 is 5.69 Å². The molecule has 0 unspecified atom stereocenters. The fourth-order valence-corrected chi connectivity index (χ4v) is 2.32. The summed E-state index contributed by atoms with van der Waals surface area (Å²) in [4.78, 5) is 19.5. The van der Waals surface area contributed by atoms with Gasteiger partial charge in [-0.2, -0.15) is 4.98 Å². The Morgan fingerprint density at radius 1 is 1.50 bits per heavy atom. The van der Waals surface area contributed by atoms with Crippen LogP contribution in [0.15, 0.2) is 23.8 Å². The Morgan fingerprint density at radius 2 is 2.35 bits per heavy atom. The van der Waals surface area contributed by atoms with Gasteiger partial charge in [-0.3, -0.25) is 10.1 Å². The number of nitro groups is 1. The van der Waals surface area contributed by atoms with E-state index in [0.29, 0.717) is 19.6 Å². The second-order valence-corrected chi connectivity index (χ2v) is 4.87. The molecule has 0 aromatic carbocycles. The highest BCUT2D eigenvalue weighted by molar-refractivity contribution is 7.09. The van der Waals surface area contributed by atoms with Crippen molar-refractivity contribution in [3.05, 3.63) is 38.8 Å². The zero-order valence-electron chi connectivity index (χ0n) is 10.9. The van der Waals surface area contributed by atoms with Crippen molar-refractivity contribution in [1.82, 2.24) is 9.97 Å². The zero-order chi connectivity index (χ0) is 14.4. The average molecular weight is 294 g/mol. The molecule has 0 atom stereocenters. The van der Waals surface area contributed by atoms with E-state index in [1.54, 1.807) is 11.3 Å². The Kier molecular flexibility index (Phi) is 4.83. The van der Waals surface area contributed by atoms with Crippen molar-refractivity contribution in [2.24, 2.45) is 0 Å². The highest BCUT2D eigenvalue weighted by Gasteiger charge is 2.23. The quantitative estimate of drug-likeness (QED) is 0.623. The average Bonchev–Trinajstić information content (AvgIpc) is 2.92. The molecule has 20 heavy (non-hydrogen) atoms. The van der Waals surface area contributed by atoms with Gasteiger partial charge in [-0.15, -0.1) is 11.3 Å². The summed E-state index contributed by atoms with van der Waals surface area (Å²) in [6.07, 6.45) is 1.95. The van der Waals surface area contributed by atoms with E-state index in [-0.39, 0.29) is 17.4 Å². The smallest absolute Gasteiger partial charge is 0.372 e. The normalized spacial score (nSPS) is 10.2. The number of nitrogens with one attached hydrogen (secondary N) is 1. The lowest BCUT2D eigenvalue weighted by Gasteiger charge is -2.07. The van der Waals surface area contributed by atoms with E-state index in [4.69, 9.17) is 4.74 Å². The predicted molar refractivity (Wildman–Crippen MR) is 76.4 cm³/mol.